The number of likely N-dealkylation sites (tertiary alicyclic amines) is 1. The van der Waals surface area contributed by atoms with E-state index in [-0.39, 0.29) is 17.5 Å². The normalized spacial score (nSPS) is 29.0. The van der Waals surface area contributed by atoms with Crippen molar-refractivity contribution in [1.82, 2.24) is 4.90 Å². The number of fused-ring (bicyclic) bond motifs is 1. The van der Waals surface area contributed by atoms with Gasteiger partial charge in [0.05, 0.1) is 17.0 Å². The number of benzene rings is 1. The number of esters is 1. The molecule has 5 heteroatoms. The minimum absolute atomic E-state index is 0.0267. The van der Waals surface area contributed by atoms with Crippen molar-refractivity contribution in [2.45, 2.75) is 45.6 Å². The van der Waals surface area contributed by atoms with Crippen molar-refractivity contribution < 1.29 is 9.53 Å². The van der Waals surface area contributed by atoms with E-state index in [4.69, 9.17) is 10.00 Å². The standard InChI is InChI=1S/C23H31N3O2/c1-3-23(4-2)11-21(28-22(23)27)9-10-25-13-18-15-26(16-19(18)14-25)20-7-5-17(12-24)6-8-20/h5-8,18-19,21H,3-4,9-11,13-16H2,1-2H3/t18-,19?,21?/m0/s1. The molecule has 0 bridgehead atoms. The van der Waals surface area contributed by atoms with Gasteiger partial charge in [0, 0.05) is 44.8 Å². The molecule has 3 atom stereocenters. The van der Waals surface area contributed by atoms with Gasteiger partial charge in [-0.1, -0.05) is 13.8 Å². The largest absolute Gasteiger partial charge is 0.462 e. The van der Waals surface area contributed by atoms with Gasteiger partial charge in [0.25, 0.3) is 0 Å². The van der Waals surface area contributed by atoms with Crippen LogP contribution in [-0.2, 0) is 9.53 Å². The molecule has 28 heavy (non-hydrogen) atoms. The number of nitriles is 1. The average molecular weight is 382 g/mol. The van der Waals surface area contributed by atoms with Crippen LogP contribution in [0.1, 0.15) is 45.1 Å². The predicted octanol–water partition coefficient (Wildman–Crippen LogP) is 3.44. The fourth-order valence-corrected chi connectivity index (χ4v) is 5.38. The first-order chi connectivity index (χ1) is 13.6. The van der Waals surface area contributed by atoms with Gasteiger partial charge in [-0.25, -0.2) is 0 Å². The molecule has 0 aromatic heterocycles. The Morgan fingerprint density at radius 1 is 1.11 bits per heavy atom. The SMILES string of the molecule is CCC1(CC)CC(CCN2CC3CN(c4ccc(C#N)cc4)C[C@@H]3C2)OC1=O. The number of anilines is 1. The third kappa shape index (κ3) is 3.51. The molecule has 150 valence electrons. The Balaban J connectivity index is 1.26. The van der Waals surface area contributed by atoms with Gasteiger partial charge in [-0.3, -0.25) is 4.79 Å². The van der Waals surface area contributed by atoms with Gasteiger partial charge >= 0.3 is 5.97 Å². The molecule has 0 N–H and O–H groups in total. The third-order valence-electron chi connectivity index (χ3n) is 7.37. The van der Waals surface area contributed by atoms with Crippen LogP contribution in [0.25, 0.3) is 0 Å². The first-order valence-corrected chi connectivity index (χ1v) is 10.8. The van der Waals surface area contributed by atoms with E-state index in [1.54, 1.807) is 0 Å². The topological polar surface area (TPSA) is 56.6 Å². The highest BCUT2D eigenvalue weighted by molar-refractivity contribution is 5.78. The number of hydrogen-bond donors (Lipinski definition) is 0. The van der Waals surface area contributed by atoms with Crippen LogP contribution in [0.5, 0.6) is 0 Å². The van der Waals surface area contributed by atoms with E-state index >= 15 is 0 Å². The molecule has 1 aromatic carbocycles. The van der Waals surface area contributed by atoms with Gasteiger partial charge in [-0.05, 0) is 55.4 Å². The summed E-state index contributed by atoms with van der Waals surface area (Å²) in [5.74, 6) is 1.46. The lowest BCUT2D eigenvalue weighted by molar-refractivity contribution is -0.149. The van der Waals surface area contributed by atoms with Gasteiger partial charge in [0.2, 0.25) is 0 Å². The van der Waals surface area contributed by atoms with Crippen molar-refractivity contribution in [3.05, 3.63) is 29.8 Å². The maximum absolute atomic E-state index is 12.3. The summed E-state index contributed by atoms with van der Waals surface area (Å²) < 4.78 is 5.71. The molecule has 3 fully saturated rings. The van der Waals surface area contributed by atoms with Crippen LogP contribution in [0, 0.1) is 28.6 Å². The number of carbonyl (C=O) groups excluding carboxylic acids is 1. The molecule has 1 aromatic rings. The van der Waals surface area contributed by atoms with Crippen LogP contribution in [0.3, 0.4) is 0 Å². The molecular formula is C23H31N3O2. The molecule has 2 unspecified atom stereocenters. The third-order valence-corrected chi connectivity index (χ3v) is 7.37. The van der Waals surface area contributed by atoms with Crippen LogP contribution < -0.4 is 4.90 Å². The summed E-state index contributed by atoms with van der Waals surface area (Å²) in [7, 11) is 0. The van der Waals surface area contributed by atoms with Crippen molar-refractivity contribution in [2.75, 3.05) is 37.6 Å². The molecule has 0 aliphatic carbocycles. The van der Waals surface area contributed by atoms with Crippen molar-refractivity contribution in [3.63, 3.8) is 0 Å². The van der Waals surface area contributed by atoms with Crippen molar-refractivity contribution in [3.8, 4) is 6.07 Å². The van der Waals surface area contributed by atoms with Crippen LogP contribution in [0.4, 0.5) is 5.69 Å². The maximum Gasteiger partial charge on any atom is 0.312 e. The molecular weight excluding hydrogens is 350 g/mol. The van der Waals surface area contributed by atoms with Crippen molar-refractivity contribution in [2.24, 2.45) is 17.3 Å². The Kier molecular flexibility index (Phi) is 5.33. The Bertz CT molecular complexity index is 736. The number of cyclic esters (lactones) is 1. The van der Waals surface area contributed by atoms with Crippen LogP contribution in [0.2, 0.25) is 0 Å². The lowest BCUT2D eigenvalue weighted by Crippen LogP contribution is -2.30. The van der Waals surface area contributed by atoms with Gasteiger partial charge in [0.15, 0.2) is 0 Å². The zero-order valence-electron chi connectivity index (χ0n) is 17.1. The summed E-state index contributed by atoms with van der Waals surface area (Å²) in [5, 5.41) is 8.96. The van der Waals surface area contributed by atoms with Gasteiger partial charge in [0.1, 0.15) is 6.10 Å². The summed E-state index contributed by atoms with van der Waals surface area (Å²) in [6.07, 6.45) is 3.73. The summed E-state index contributed by atoms with van der Waals surface area (Å²) in [5.41, 5.74) is 1.72. The second-order valence-electron chi connectivity index (χ2n) is 8.85. The highest BCUT2D eigenvalue weighted by Gasteiger charge is 2.46. The first kappa shape index (κ1) is 19.3. The van der Waals surface area contributed by atoms with Crippen LogP contribution in [-0.4, -0.2) is 49.7 Å². The number of hydrogen-bond acceptors (Lipinski definition) is 5. The average Bonchev–Trinajstić information content (AvgIpc) is 3.37. The van der Waals surface area contributed by atoms with E-state index in [1.165, 1.54) is 5.69 Å². The second kappa shape index (κ2) is 7.75. The van der Waals surface area contributed by atoms with E-state index in [0.29, 0.717) is 11.8 Å². The molecule has 4 rings (SSSR count). The van der Waals surface area contributed by atoms with E-state index < -0.39 is 0 Å². The number of rotatable bonds is 6. The lowest BCUT2D eigenvalue weighted by Gasteiger charge is -2.24. The Labute approximate surface area is 168 Å². The number of carbonyl (C=O) groups is 1. The van der Waals surface area contributed by atoms with Gasteiger partial charge < -0.3 is 14.5 Å². The predicted molar refractivity (Wildman–Crippen MR) is 109 cm³/mol. The summed E-state index contributed by atoms with van der Waals surface area (Å²) >= 11 is 0. The van der Waals surface area contributed by atoms with Crippen LogP contribution >= 0.6 is 0 Å². The quantitative estimate of drug-likeness (QED) is 0.707. The van der Waals surface area contributed by atoms with E-state index in [9.17, 15) is 4.79 Å². The fourth-order valence-electron chi connectivity index (χ4n) is 5.38. The highest BCUT2D eigenvalue weighted by Crippen LogP contribution is 2.41. The number of nitrogens with zero attached hydrogens (tertiary/aromatic N) is 3. The molecule has 0 amide bonds. The summed E-state index contributed by atoms with van der Waals surface area (Å²) in [6.45, 7) is 9.73. The van der Waals surface area contributed by atoms with E-state index in [1.807, 2.05) is 12.1 Å². The second-order valence-corrected chi connectivity index (χ2v) is 8.85. The Hall–Kier alpha value is -2.06. The molecule has 0 spiro atoms. The maximum atomic E-state index is 12.3. The minimum Gasteiger partial charge on any atom is -0.462 e. The number of ether oxygens (including phenoxy) is 1. The molecule has 3 heterocycles. The fraction of sp³-hybridized carbons (Fsp3) is 0.652. The lowest BCUT2D eigenvalue weighted by atomic mass is 9.79. The van der Waals surface area contributed by atoms with Crippen molar-refractivity contribution >= 4 is 11.7 Å². The highest BCUT2D eigenvalue weighted by atomic mass is 16.6. The van der Waals surface area contributed by atoms with E-state index in [2.05, 4.69) is 41.8 Å². The summed E-state index contributed by atoms with van der Waals surface area (Å²) in [4.78, 5) is 17.3. The molecule has 0 radical (unpaired) electrons. The molecule has 3 saturated heterocycles. The minimum atomic E-state index is -0.228. The van der Waals surface area contributed by atoms with E-state index in [0.717, 1.165) is 64.0 Å². The van der Waals surface area contributed by atoms with Gasteiger partial charge in [-0.2, -0.15) is 5.26 Å². The Morgan fingerprint density at radius 3 is 2.29 bits per heavy atom. The first-order valence-electron chi connectivity index (χ1n) is 10.8. The summed E-state index contributed by atoms with van der Waals surface area (Å²) in [6, 6.07) is 10.1. The molecule has 0 saturated carbocycles. The Morgan fingerprint density at radius 2 is 1.75 bits per heavy atom. The van der Waals surface area contributed by atoms with Crippen LogP contribution in [0.15, 0.2) is 24.3 Å². The van der Waals surface area contributed by atoms with Crippen molar-refractivity contribution in [1.29, 1.82) is 5.26 Å². The van der Waals surface area contributed by atoms with Gasteiger partial charge in [-0.15, -0.1) is 0 Å². The smallest absolute Gasteiger partial charge is 0.312 e. The molecule has 3 aliphatic rings. The molecule has 5 nitrogen and oxygen atoms in total. The molecule has 3 aliphatic heterocycles. The monoisotopic (exact) mass is 381 g/mol. The zero-order valence-corrected chi connectivity index (χ0v) is 17.1. The zero-order chi connectivity index (χ0) is 19.7.